The fraction of sp³-hybridized carbons (Fsp3) is 0.481. The largest absolute Gasteiger partial charge is 0.474 e. The molecule has 4 rings (SSSR count). The first-order valence-corrected chi connectivity index (χ1v) is 12.4. The summed E-state index contributed by atoms with van der Waals surface area (Å²) in [4.78, 5) is 18.0. The Hall–Kier alpha value is -3.06. The smallest absolute Gasteiger partial charge is 0.272 e. The molecule has 34 heavy (non-hydrogen) atoms. The van der Waals surface area contributed by atoms with Crippen molar-refractivity contribution in [1.29, 1.82) is 5.41 Å². The Bertz CT molecular complexity index is 1030. The van der Waals surface area contributed by atoms with E-state index < -0.39 is 6.10 Å². The highest BCUT2D eigenvalue weighted by atomic mass is 16.5. The Balaban J connectivity index is 1.45. The number of unbranched alkanes of at least 4 members (excludes halogenated alkanes) is 2. The lowest BCUT2D eigenvalue weighted by Crippen LogP contribution is -2.44. The minimum atomic E-state index is -0.773. The molecular weight excluding hydrogens is 426 g/mol. The van der Waals surface area contributed by atoms with Crippen molar-refractivity contribution >= 4 is 23.1 Å². The van der Waals surface area contributed by atoms with Crippen LogP contribution < -0.4 is 21.1 Å². The zero-order chi connectivity index (χ0) is 24.2. The first kappa shape index (κ1) is 24.1. The molecule has 2 aromatic rings. The number of nitrogens with one attached hydrogen (secondary N) is 1. The van der Waals surface area contributed by atoms with Crippen LogP contribution in [0, 0.1) is 5.41 Å². The van der Waals surface area contributed by atoms with Crippen molar-refractivity contribution in [2.45, 2.75) is 70.6 Å². The number of likely N-dealkylation sites (tertiary alicyclic amines) is 1. The van der Waals surface area contributed by atoms with E-state index in [9.17, 15) is 4.79 Å². The number of piperidine rings is 1. The first-order chi connectivity index (χ1) is 16.3. The Morgan fingerprint density at radius 2 is 1.79 bits per heavy atom. The van der Waals surface area contributed by atoms with E-state index in [0.29, 0.717) is 41.2 Å². The van der Waals surface area contributed by atoms with Crippen molar-refractivity contribution in [1.82, 2.24) is 4.90 Å². The standard InChI is InChI=1S/C27H37N5O2/c1-18-8-6-9-19(2)31(18)14-4-3-5-15-32-23-17-22(28)12-13-24(23)34-25(27(32)33)20-10-7-11-21(16-20)26(29)30/h7,10-13,16-19,25H,3-6,8-9,14-15,28H2,1-2H3,(H3,29,30)/t18-,19+,25?. The summed E-state index contributed by atoms with van der Waals surface area (Å²) in [6.07, 6.45) is 6.23. The van der Waals surface area contributed by atoms with E-state index in [1.807, 2.05) is 23.1 Å². The molecule has 0 spiro atoms. The topological polar surface area (TPSA) is 109 Å². The SMILES string of the molecule is C[C@@H]1CCC[C@H](C)N1CCCCCN1C(=O)C(c2cccc(C(=N)N)c2)Oc2ccc(N)cc21. The van der Waals surface area contributed by atoms with E-state index in [2.05, 4.69) is 18.7 Å². The van der Waals surface area contributed by atoms with E-state index in [1.54, 1.807) is 24.3 Å². The van der Waals surface area contributed by atoms with Gasteiger partial charge in [0.1, 0.15) is 11.6 Å². The third kappa shape index (κ3) is 5.20. The van der Waals surface area contributed by atoms with Crippen molar-refractivity contribution in [3.05, 3.63) is 53.6 Å². The van der Waals surface area contributed by atoms with Gasteiger partial charge in [-0.25, -0.2) is 0 Å². The molecule has 0 radical (unpaired) electrons. The molecule has 5 N–H and O–H groups in total. The number of ether oxygens (including phenoxy) is 1. The number of nitrogen functional groups attached to an aromatic ring is 2. The van der Waals surface area contributed by atoms with Crippen molar-refractivity contribution in [2.24, 2.45) is 5.73 Å². The maximum Gasteiger partial charge on any atom is 0.272 e. The number of carbonyl (C=O) groups is 1. The van der Waals surface area contributed by atoms with Crippen LogP contribution in [0.3, 0.4) is 0 Å². The van der Waals surface area contributed by atoms with Gasteiger partial charge in [0.25, 0.3) is 5.91 Å². The zero-order valence-electron chi connectivity index (χ0n) is 20.3. The Morgan fingerprint density at radius 3 is 2.53 bits per heavy atom. The van der Waals surface area contributed by atoms with Crippen LogP contribution in [-0.4, -0.2) is 41.8 Å². The molecule has 7 nitrogen and oxygen atoms in total. The van der Waals surface area contributed by atoms with Crippen LogP contribution in [0.1, 0.15) is 69.6 Å². The van der Waals surface area contributed by atoms with E-state index in [-0.39, 0.29) is 11.7 Å². The van der Waals surface area contributed by atoms with Gasteiger partial charge in [-0.05, 0) is 70.3 Å². The summed E-state index contributed by atoms with van der Waals surface area (Å²) in [5.41, 5.74) is 14.3. The van der Waals surface area contributed by atoms with Gasteiger partial charge in [0.05, 0.1) is 5.69 Å². The minimum Gasteiger partial charge on any atom is -0.474 e. The Kier molecular flexibility index (Phi) is 7.41. The van der Waals surface area contributed by atoms with Gasteiger partial charge in [0.2, 0.25) is 6.10 Å². The van der Waals surface area contributed by atoms with E-state index in [0.717, 1.165) is 31.5 Å². The molecule has 0 aliphatic carbocycles. The number of amidine groups is 1. The van der Waals surface area contributed by atoms with Crippen LogP contribution in [0.25, 0.3) is 0 Å². The van der Waals surface area contributed by atoms with Crippen molar-refractivity contribution in [2.75, 3.05) is 23.7 Å². The number of nitrogens with two attached hydrogens (primary N) is 2. The summed E-state index contributed by atoms with van der Waals surface area (Å²) in [7, 11) is 0. The molecular formula is C27H37N5O2. The fourth-order valence-electron chi connectivity index (χ4n) is 5.25. The molecule has 2 heterocycles. The second-order valence-corrected chi connectivity index (χ2v) is 9.68. The molecule has 1 saturated heterocycles. The summed E-state index contributed by atoms with van der Waals surface area (Å²) in [6.45, 7) is 6.41. The molecule has 7 heteroatoms. The van der Waals surface area contributed by atoms with Gasteiger partial charge < -0.3 is 21.1 Å². The number of nitrogens with zero attached hydrogens (tertiary/aromatic N) is 2. The number of amides is 1. The molecule has 1 unspecified atom stereocenters. The number of hydrogen-bond acceptors (Lipinski definition) is 5. The van der Waals surface area contributed by atoms with Crippen LogP contribution in [-0.2, 0) is 4.79 Å². The van der Waals surface area contributed by atoms with Crippen LogP contribution in [0.15, 0.2) is 42.5 Å². The van der Waals surface area contributed by atoms with Gasteiger partial charge in [-0.3, -0.25) is 15.1 Å². The number of carbonyl (C=O) groups excluding carboxylic acids is 1. The highest BCUT2D eigenvalue weighted by Gasteiger charge is 2.35. The number of anilines is 2. The highest BCUT2D eigenvalue weighted by Crippen LogP contribution is 2.40. The molecule has 2 aliphatic rings. The summed E-state index contributed by atoms with van der Waals surface area (Å²) in [6, 6.07) is 13.9. The number of rotatable bonds is 8. The number of benzene rings is 2. The predicted octanol–water partition coefficient (Wildman–Crippen LogP) is 4.45. The van der Waals surface area contributed by atoms with Crippen LogP contribution >= 0.6 is 0 Å². The molecule has 2 aliphatic heterocycles. The normalized spacial score (nSPS) is 22.8. The van der Waals surface area contributed by atoms with Crippen molar-refractivity contribution in [3.8, 4) is 5.75 Å². The molecule has 1 amide bonds. The van der Waals surface area contributed by atoms with Crippen molar-refractivity contribution < 1.29 is 9.53 Å². The van der Waals surface area contributed by atoms with Gasteiger partial charge >= 0.3 is 0 Å². The molecule has 2 aromatic carbocycles. The first-order valence-electron chi connectivity index (χ1n) is 12.4. The second-order valence-electron chi connectivity index (χ2n) is 9.68. The second kappa shape index (κ2) is 10.5. The summed E-state index contributed by atoms with van der Waals surface area (Å²) < 4.78 is 6.12. The summed E-state index contributed by atoms with van der Waals surface area (Å²) >= 11 is 0. The predicted molar refractivity (Wildman–Crippen MR) is 137 cm³/mol. The quantitative estimate of drug-likeness (QED) is 0.232. The monoisotopic (exact) mass is 463 g/mol. The zero-order valence-corrected chi connectivity index (χ0v) is 20.3. The summed E-state index contributed by atoms with van der Waals surface area (Å²) in [5.74, 6) is 0.493. The Labute approximate surface area is 202 Å². The lowest BCUT2D eigenvalue weighted by molar-refractivity contribution is -0.126. The number of hydrogen-bond donors (Lipinski definition) is 3. The third-order valence-electron chi connectivity index (χ3n) is 7.18. The van der Waals surface area contributed by atoms with E-state index in [1.165, 1.54) is 19.3 Å². The third-order valence-corrected chi connectivity index (χ3v) is 7.18. The van der Waals surface area contributed by atoms with Crippen LogP contribution in [0.4, 0.5) is 11.4 Å². The Morgan fingerprint density at radius 1 is 1.06 bits per heavy atom. The maximum atomic E-state index is 13.5. The van der Waals surface area contributed by atoms with Crippen molar-refractivity contribution in [3.63, 3.8) is 0 Å². The maximum absolute atomic E-state index is 13.5. The van der Waals surface area contributed by atoms with Gasteiger partial charge in [-0.2, -0.15) is 0 Å². The molecule has 3 atom stereocenters. The average molecular weight is 464 g/mol. The van der Waals surface area contributed by atoms with Crippen LogP contribution in [0.5, 0.6) is 5.75 Å². The van der Waals surface area contributed by atoms with Gasteiger partial charge in [-0.15, -0.1) is 0 Å². The summed E-state index contributed by atoms with van der Waals surface area (Å²) in [5, 5.41) is 7.73. The number of fused-ring (bicyclic) bond motifs is 1. The van der Waals surface area contributed by atoms with E-state index in [4.69, 9.17) is 21.6 Å². The molecule has 0 aromatic heterocycles. The molecule has 1 fully saturated rings. The molecule has 0 bridgehead atoms. The highest BCUT2D eigenvalue weighted by molar-refractivity contribution is 6.01. The van der Waals surface area contributed by atoms with Crippen LogP contribution in [0.2, 0.25) is 0 Å². The fourth-order valence-corrected chi connectivity index (χ4v) is 5.25. The molecule has 0 saturated carbocycles. The van der Waals surface area contributed by atoms with Gasteiger partial charge in [0, 0.05) is 35.4 Å². The van der Waals surface area contributed by atoms with E-state index >= 15 is 0 Å². The minimum absolute atomic E-state index is 0.0347. The molecule has 182 valence electrons. The van der Waals surface area contributed by atoms with Gasteiger partial charge in [-0.1, -0.05) is 31.0 Å². The lowest BCUT2D eigenvalue weighted by atomic mass is 9.97. The van der Waals surface area contributed by atoms with Gasteiger partial charge in [0.15, 0.2) is 0 Å². The lowest BCUT2D eigenvalue weighted by Gasteiger charge is -2.39. The average Bonchev–Trinajstić information content (AvgIpc) is 2.81.